The van der Waals surface area contributed by atoms with Gasteiger partial charge in [-0.2, -0.15) is 5.26 Å². The lowest BCUT2D eigenvalue weighted by atomic mass is 9.89. The van der Waals surface area contributed by atoms with Crippen molar-refractivity contribution in [1.82, 2.24) is 28.7 Å². The SMILES string of the molecule is Cc1c(N(C(=O)c2cc(-c3cc4c(cc3C(=O)N3Cc5ccccc5C[C@H]3CN3CCC[C@@H]3C)CN(C(=O)Cc3ccc(OCCN5CCOCC5)cc3F)CC4)n(C)c2C)c2ccc(O)cc2)cc(C#N)n1C. The average Bonchev–Trinajstić information content (AvgIpc) is 4.05. The van der Waals surface area contributed by atoms with Crippen LogP contribution in [0.3, 0.4) is 0 Å². The molecule has 0 spiro atoms. The van der Waals surface area contributed by atoms with Gasteiger partial charge in [0.05, 0.1) is 30.9 Å². The van der Waals surface area contributed by atoms with Crippen LogP contribution in [-0.4, -0.2) is 123 Å². The van der Waals surface area contributed by atoms with E-state index < -0.39 is 5.82 Å². The molecule has 0 unspecified atom stereocenters. The maximum atomic E-state index is 15.8. The van der Waals surface area contributed by atoms with Crippen LogP contribution in [-0.2, 0) is 56.0 Å². The number of morpholine rings is 1. The van der Waals surface area contributed by atoms with E-state index in [1.54, 1.807) is 51.7 Å². The summed E-state index contributed by atoms with van der Waals surface area (Å²) in [6.07, 6.45) is 3.33. The molecule has 0 bridgehead atoms. The summed E-state index contributed by atoms with van der Waals surface area (Å²) in [6.45, 7) is 13.0. The zero-order valence-electron chi connectivity index (χ0n) is 43.1. The maximum absolute atomic E-state index is 15.8. The van der Waals surface area contributed by atoms with Gasteiger partial charge in [-0.3, -0.25) is 29.1 Å². The molecule has 0 saturated carbocycles. The highest BCUT2D eigenvalue weighted by Gasteiger charge is 2.37. The number of nitriles is 1. The third-order valence-electron chi connectivity index (χ3n) is 16.1. The molecule has 74 heavy (non-hydrogen) atoms. The first-order valence-corrected chi connectivity index (χ1v) is 25.9. The van der Waals surface area contributed by atoms with E-state index in [9.17, 15) is 15.2 Å². The minimum atomic E-state index is -0.495. The summed E-state index contributed by atoms with van der Waals surface area (Å²) in [5.74, 6) is -0.716. The second kappa shape index (κ2) is 21.3. The Balaban J connectivity index is 0.995. The number of amides is 3. The lowest BCUT2D eigenvalue weighted by Crippen LogP contribution is -2.50. The highest BCUT2D eigenvalue weighted by molar-refractivity contribution is 6.13. The first-order chi connectivity index (χ1) is 35.8. The van der Waals surface area contributed by atoms with Crippen molar-refractivity contribution < 1.29 is 33.4 Å². The van der Waals surface area contributed by atoms with Gasteiger partial charge in [0.2, 0.25) is 5.91 Å². The number of carbonyl (C=O) groups excluding carboxylic acids is 3. The number of ether oxygens (including phenoxy) is 2. The van der Waals surface area contributed by atoms with E-state index in [2.05, 4.69) is 47.1 Å². The van der Waals surface area contributed by atoms with Crippen molar-refractivity contribution in [2.24, 2.45) is 14.1 Å². The van der Waals surface area contributed by atoms with Crippen molar-refractivity contribution in [3.63, 3.8) is 0 Å². The number of hydrogen-bond donors (Lipinski definition) is 1. The van der Waals surface area contributed by atoms with E-state index in [-0.39, 0.29) is 48.0 Å². The number of nitrogens with zero attached hydrogens (tertiary/aromatic N) is 8. The molecule has 0 aliphatic carbocycles. The lowest BCUT2D eigenvalue weighted by molar-refractivity contribution is -0.131. The molecule has 2 fully saturated rings. The number of benzene rings is 4. The number of likely N-dealkylation sites (tertiary alicyclic amines) is 1. The number of aromatic hydroxyl groups is 1. The quantitative estimate of drug-likeness (QED) is 0.121. The van der Waals surface area contributed by atoms with Crippen LogP contribution in [0.15, 0.2) is 91.0 Å². The largest absolute Gasteiger partial charge is 0.508 e. The standard InChI is InChI=1S/C59H65FN8O6/c1-38-9-8-19-65(38)37-48-27-41-10-6-7-11-44(41)36-67(48)58(71)53-29-45-35-66(57(70)30-43-12-17-50(32-54(43)60)74-26-23-64-21-24-73-25-22-64)20-18-42(45)28-52(53)56-33-51(39(2)63(56)5)59(72)68(46-13-15-49(69)16-14-46)55-31-47(34-61)62(4)40(55)3/h6-7,10-17,28-29,31-33,38,48,69H,8-9,18-27,30,35-37H2,1-5H3/t38-,48-/m0/s1. The van der Waals surface area contributed by atoms with E-state index in [0.717, 1.165) is 55.7 Å². The number of phenols is 1. The van der Waals surface area contributed by atoms with Crippen LogP contribution >= 0.6 is 0 Å². The van der Waals surface area contributed by atoms with Gasteiger partial charge in [-0.25, -0.2) is 4.39 Å². The van der Waals surface area contributed by atoms with Crippen molar-refractivity contribution in [2.45, 2.75) is 78.0 Å². The highest BCUT2D eigenvalue weighted by Crippen LogP contribution is 2.39. The third kappa shape index (κ3) is 10.1. The second-order valence-corrected chi connectivity index (χ2v) is 20.4. The van der Waals surface area contributed by atoms with Crippen LogP contribution in [0.5, 0.6) is 11.5 Å². The van der Waals surface area contributed by atoms with Crippen LogP contribution in [0, 0.1) is 31.0 Å². The molecule has 4 aliphatic heterocycles. The molecule has 15 heteroatoms. The van der Waals surface area contributed by atoms with Crippen LogP contribution in [0.1, 0.15) is 85.4 Å². The number of rotatable bonds is 13. The molecule has 10 rings (SSSR count). The number of halogens is 1. The lowest BCUT2D eigenvalue weighted by Gasteiger charge is -2.40. The van der Waals surface area contributed by atoms with Crippen molar-refractivity contribution in [2.75, 3.05) is 64.0 Å². The molecule has 14 nitrogen and oxygen atoms in total. The predicted molar refractivity (Wildman–Crippen MR) is 281 cm³/mol. The summed E-state index contributed by atoms with van der Waals surface area (Å²) in [6, 6.07) is 29.6. The van der Waals surface area contributed by atoms with Gasteiger partial charge in [0.15, 0.2) is 0 Å². The Morgan fingerprint density at radius 3 is 2.34 bits per heavy atom. The zero-order valence-corrected chi connectivity index (χ0v) is 43.1. The Morgan fingerprint density at radius 2 is 1.62 bits per heavy atom. The van der Waals surface area contributed by atoms with Gasteiger partial charge < -0.3 is 33.5 Å². The minimum Gasteiger partial charge on any atom is -0.508 e. The first kappa shape index (κ1) is 50.3. The Bertz CT molecular complexity index is 3150. The predicted octanol–water partition coefficient (Wildman–Crippen LogP) is 8.23. The molecule has 2 saturated heterocycles. The number of phenolic OH excluding ortho intramolecular Hbond substituents is 1. The van der Waals surface area contributed by atoms with E-state index in [1.165, 1.54) is 23.8 Å². The summed E-state index contributed by atoms with van der Waals surface area (Å²) in [4.78, 5) is 55.2. The minimum absolute atomic E-state index is 0.0497. The third-order valence-corrected chi connectivity index (χ3v) is 16.1. The number of aromatic nitrogens is 2. The molecule has 3 amide bonds. The van der Waals surface area contributed by atoms with E-state index >= 15 is 14.0 Å². The average molecular weight is 1000 g/mol. The van der Waals surface area contributed by atoms with Crippen molar-refractivity contribution in [1.29, 1.82) is 5.26 Å². The Hall–Kier alpha value is -7.25. The summed E-state index contributed by atoms with van der Waals surface area (Å²) in [5, 5.41) is 20.3. The number of carbonyl (C=O) groups is 3. The number of hydrogen-bond acceptors (Lipinski definition) is 9. The van der Waals surface area contributed by atoms with Crippen molar-refractivity contribution in [3.8, 4) is 28.8 Å². The molecule has 2 atom stereocenters. The van der Waals surface area contributed by atoms with Crippen LogP contribution in [0.2, 0.25) is 0 Å². The van der Waals surface area contributed by atoms with Crippen LogP contribution in [0.4, 0.5) is 15.8 Å². The van der Waals surface area contributed by atoms with Crippen LogP contribution in [0.25, 0.3) is 11.3 Å². The monoisotopic (exact) mass is 1000 g/mol. The molecule has 4 aromatic carbocycles. The normalized spacial score (nSPS) is 18.0. The van der Waals surface area contributed by atoms with Gasteiger partial charge in [-0.05, 0) is 135 Å². The summed E-state index contributed by atoms with van der Waals surface area (Å²) in [5.41, 5.74) is 9.49. The van der Waals surface area contributed by atoms with E-state index in [0.29, 0.717) is 115 Å². The highest BCUT2D eigenvalue weighted by atomic mass is 19.1. The second-order valence-electron chi connectivity index (χ2n) is 20.4. The van der Waals surface area contributed by atoms with Gasteiger partial charge in [-0.15, -0.1) is 0 Å². The molecule has 6 heterocycles. The topological polar surface area (TPSA) is 140 Å². The number of anilines is 2. The molecule has 384 valence electrons. The molecule has 1 N–H and O–H groups in total. The zero-order chi connectivity index (χ0) is 51.8. The fraction of sp³-hybridized carbons (Fsp3) is 0.390. The Morgan fingerprint density at radius 1 is 0.851 bits per heavy atom. The summed E-state index contributed by atoms with van der Waals surface area (Å²) < 4.78 is 30.6. The fourth-order valence-corrected chi connectivity index (χ4v) is 11.3. The smallest absolute Gasteiger partial charge is 0.264 e. The summed E-state index contributed by atoms with van der Waals surface area (Å²) >= 11 is 0. The Labute approximate surface area is 432 Å². The maximum Gasteiger partial charge on any atom is 0.264 e. The molecule has 0 radical (unpaired) electrons. The fourth-order valence-electron chi connectivity index (χ4n) is 11.3. The molecule has 4 aliphatic rings. The van der Waals surface area contributed by atoms with E-state index in [4.69, 9.17) is 9.47 Å². The molecular weight excluding hydrogens is 936 g/mol. The van der Waals surface area contributed by atoms with Gasteiger partial charge in [-0.1, -0.05) is 30.3 Å². The van der Waals surface area contributed by atoms with Gasteiger partial charge >= 0.3 is 0 Å². The Kier molecular flexibility index (Phi) is 14.5. The molecule has 6 aromatic rings. The van der Waals surface area contributed by atoms with Gasteiger partial charge in [0, 0.05) is 112 Å². The van der Waals surface area contributed by atoms with E-state index in [1.807, 2.05) is 48.6 Å². The van der Waals surface area contributed by atoms with Gasteiger partial charge in [0.25, 0.3) is 11.8 Å². The van der Waals surface area contributed by atoms with Crippen LogP contribution < -0.4 is 9.64 Å². The first-order valence-electron chi connectivity index (χ1n) is 25.9. The summed E-state index contributed by atoms with van der Waals surface area (Å²) in [7, 11) is 3.69. The van der Waals surface area contributed by atoms with Crippen molar-refractivity contribution >= 4 is 29.1 Å². The number of fused-ring (bicyclic) bond motifs is 2. The van der Waals surface area contributed by atoms with Gasteiger partial charge in [0.1, 0.15) is 35.7 Å². The molecule has 2 aromatic heterocycles. The molecular formula is C59H65FN8O6. The van der Waals surface area contributed by atoms with Crippen molar-refractivity contribution in [3.05, 3.63) is 153 Å².